The molecule has 1 aliphatic heterocycles. The van der Waals surface area contributed by atoms with Crippen LogP contribution < -0.4 is 5.32 Å². The number of hydrogen-bond acceptors (Lipinski definition) is 4. The average molecular weight is 614 g/mol. The highest BCUT2D eigenvalue weighted by molar-refractivity contribution is 6.22. The lowest BCUT2D eigenvalue weighted by molar-refractivity contribution is -0.133. The highest BCUT2D eigenvalue weighted by atomic mass is 35.5. The Labute approximate surface area is 257 Å². The number of urea groups is 1. The molecular formula is C31H50Cl2N4O4. The molecule has 1 N–H and O–H groups in total. The van der Waals surface area contributed by atoms with E-state index in [0.717, 1.165) is 4.90 Å². The second-order valence-electron chi connectivity index (χ2n) is 9.02. The molecule has 0 aliphatic carbocycles. The summed E-state index contributed by atoms with van der Waals surface area (Å²) in [6, 6.07) is -0.607. The van der Waals surface area contributed by atoms with E-state index in [1.807, 2.05) is 13.8 Å². The number of nitrogens with zero attached hydrogens (tertiary/aromatic N) is 3. The summed E-state index contributed by atoms with van der Waals surface area (Å²) in [5.41, 5.74) is 1.02. The smallest absolute Gasteiger partial charge is 0.330 e. The fraction of sp³-hybridized carbons (Fsp3) is 0.548. The monoisotopic (exact) mass is 612 g/mol. The Bertz CT molecular complexity index is 950. The van der Waals surface area contributed by atoms with Crippen molar-refractivity contribution in [3.05, 3.63) is 60.4 Å². The van der Waals surface area contributed by atoms with E-state index < -0.39 is 11.9 Å². The molecule has 0 aromatic heterocycles. The van der Waals surface area contributed by atoms with Crippen molar-refractivity contribution in [2.45, 2.75) is 79.1 Å². The molecule has 1 heterocycles. The second kappa shape index (κ2) is 23.8. The summed E-state index contributed by atoms with van der Waals surface area (Å²) >= 11 is 11.6. The minimum Gasteiger partial charge on any atom is -0.343 e. The fourth-order valence-corrected chi connectivity index (χ4v) is 3.84. The zero-order valence-electron chi connectivity index (χ0n) is 26.1. The highest BCUT2D eigenvalue weighted by Gasteiger charge is 2.33. The van der Waals surface area contributed by atoms with Crippen molar-refractivity contribution in [1.29, 1.82) is 0 Å². The number of amides is 5. The van der Waals surface area contributed by atoms with E-state index in [0.29, 0.717) is 37.2 Å². The van der Waals surface area contributed by atoms with Crippen LogP contribution in [0.3, 0.4) is 0 Å². The summed E-state index contributed by atoms with van der Waals surface area (Å²) in [6.45, 7) is 17.4. The van der Waals surface area contributed by atoms with Crippen molar-refractivity contribution in [2.75, 3.05) is 32.6 Å². The van der Waals surface area contributed by atoms with Gasteiger partial charge in [-0.25, -0.2) is 4.79 Å². The number of nitrogens with one attached hydrogen (secondary N) is 1. The maximum atomic E-state index is 13.1. The summed E-state index contributed by atoms with van der Waals surface area (Å²) in [4.78, 5) is 54.4. The quantitative estimate of drug-likeness (QED) is 0.175. The molecule has 0 radical (unpaired) electrons. The van der Waals surface area contributed by atoms with Crippen LogP contribution >= 0.6 is 23.2 Å². The van der Waals surface area contributed by atoms with Crippen LogP contribution in [0.5, 0.6) is 0 Å². The summed E-state index contributed by atoms with van der Waals surface area (Å²) in [7, 11) is 1.45. The molecule has 41 heavy (non-hydrogen) atoms. The normalized spacial score (nSPS) is 14.8. The van der Waals surface area contributed by atoms with Gasteiger partial charge in [-0.3, -0.25) is 24.2 Å². The molecule has 0 spiro atoms. The number of imide groups is 1. The first kappa shape index (κ1) is 40.3. The largest absolute Gasteiger partial charge is 0.343 e. The molecule has 5 amide bonds. The Morgan fingerprint density at radius 3 is 2.12 bits per heavy atom. The van der Waals surface area contributed by atoms with Gasteiger partial charge in [0.1, 0.15) is 0 Å². The number of alkyl halides is 2. The molecular weight excluding hydrogens is 563 g/mol. The lowest BCUT2D eigenvalue weighted by atomic mass is 10.0. The summed E-state index contributed by atoms with van der Waals surface area (Å²) in [5, 5.41) is 2.27. The van der Waals surface area contributed by atoms with Gasteiger partial charge >= 0.3 is 6.03 Å². The van der Waals surface area contributed by atoms with Gasteiger partial charge in [0.25, 0.3) is 5.91 Å². The lowest BCUT2D eigenvalue weighted by Gasteiger charge is -2.40. The SMILES string of the molecule is C=C/C=C\C=C(/C)N(C(=O)N(C)C(C)=O)C1CCN(C(=O)CNC(=O)C(/C=C\CCl)=C/C(C)Cl)CC1.CC.CCC. The Hall–Kier alpha value is -2.84. The summed E-state index contributed by atoms with van der Waals surface area (Å²) < 4.78 is 0. The van der Waals surface area contributed by atoms with Crippen molar-refractivity contribution < 1.29 is 19.2 Å². The molecule has 1 unspecified atom stereocenters. The molecule has 1 saturated heterocycles. The predicted molar refractivity (Wildman–Crippen MR) is 172 cm³/mol. The molecule has 1 fully saturated rings. The van der Waals surface area contributed by atoms with Crippen LogP contribution in [0.4, 0.5) is 4.79 Å². The van der Waals surface area contributed by atoms with E-state index in [9.17, 15) is 19.2 Å². The Kier molecular flexibility index (Phi) is 23.4. The van der Waals surface area contributed by atoms with Gasteiger partial charge in [0.05, 0.1) is 6.54 Å². The van der Waals surface area contributed by atoms with Crippen molar-refractivity contribution >= 4 is 47.0 Å². The van der Waals surface area contributed by atoms with E-state index >= 15 is 0 Å². The van der Waals surface area contributed by atoms with E-state index in [-0.39, 0.29) is 35.7 Å². The third-order valence-electron chi connectivity index (χ3n) is 5.57. The average Bonchev–Trinajstić information content (AvgIpc) is 2.95. The second-order valence-corrected chi connectivity index (χ2v) is 10.0. The molecule has 0 saturated carbocycles. The van der Waals surface area contributed by atoms with Crippen LogP contribution in [0, 0.1) is 0 Å². The van der Waals surface area contributed by atoms with Gasteiger partial charge in [0, 0.05) is 55.6 Å². The lowest BCUT2D eigenvalue weighted by Crippen LogP contribution is -2.52. The van der Waals surface area contributed by atoms with E-state index in [2.05, 4.69) is 25.7 Å². The van der Waals surface area contributed by atoms with Crippen molar-refractivity contribution in [1.82, 2.24) is 20.0 Å². The minimum absolute atomic E-state index is 0.160. The zero-order chi connectivity index (χ0) is 32.0. The highest BCUT2D eigenvalue weighted by Crippen LogP contribution is 2.22. The number of allylic oxidation sites excluding steroid dienone is 7. The van der Waals surface area contributed by atoms with E-state index in [4.69, 9.17) is 23.2 Å². The topological polar surface area (TPSA) is 90.0 Å². The van der Waals surface area contributed by atoms with Crippen molar-refractivity contribution in [3.63, 3.8) is 0 Å². The Morgan fingerprint density at radius 1 is 1.10 bits per heavy atom. The van der Waals surface area contributed by atoms with Gasteiger partial charge in [-0.15, -0.1) is 23.2 Å². The Morgan fingerprint density at radius 2 is 1.66 bits per heavy atom. The molecule has 1 atom stereocenters. The first-order chi connectivity index (χ1) is 19.4. The van der Waals surface area contributed by atoms with Gasteiger partial charge in [-0.2, -0.15) is 0 Å². The third-order valence-corrected chi connectivity index (χ3v) is 5.87. The number of piperidine rings is 1. The number of rotatable bonds is 10. The van der Waals surface area contributed by atoms with Gasteiger partial charge in [-0.1, -0.05) is 77.2 Å². The maximum absolute atomic E-state index is 13.1. The minimum atomic E-state index is -0.418. The van der Waals surface area contributed by atoms with Crippen LogP contribution in [-0.4, -0.2) is 82.4 Å². The van der Waals surface area contributed by atoms with Crippen LogP contribution in [0.15, 0.2) is 60.4 Å². The standard InChI is InChI=1S/C26H36Cl2N4O4.C3H8.C2H6/c1-6-7-8-10-20(3)32(26(36)30(5)21(4)33)23-12-15-31(16-13-23)24(34)18-29-25(35)22(11-9-14-27)17-19(2)28;1-3-2;1-2/h6-11,17,19,23H,1,12-16,18H2,2-5H3,(H,29,35);3H2,1-2H3;1-2H3/b8-7-,11-9-,20-10+,22-17+;;. The molecule has 0 aromatic rings. The molecule has 10 heteroatoms. The van der Waals surface area contributed by atoms with Crippen LogP contribution in [0.1, 0.15) is 67.7 Å². The van der Waals surface area contributed by atoms with Gasteiger partial charge < -0.3 is 10.2 Å². The van der Waals surface area contributed by atoms with E-state index in [1.165, 1.54) is 20.4 Å². The van der Waals surface area contributed by atoms with Gasteiger partial charge in [-0.05, 0) is 32.8 Å². The molecule has 1 rings (SSSR count). The van der Waals surface area contributed by atoms with Crippen LogP contribution in [0.2, 0.25) is 0 Å². The van der Waals surface area contributed by atoms with Crippen molar-refractivity contribution in [3.8, 4) is 0 Å². The first-order valence-corrected chi connectivity index (χ1v) is 15.1. The van der Waals surface area contributed by atoms with E-state index in [1.54, 1.807) is 66.2 Å². The molecule has 8 nitrogen and oxygen atoms in total. The molecule has 0 aromatic carbocycles. The molecule has 232 valence electrons. The zero-order valence-corrected chi connectivity index (χ0v) is 27.6. The van der Waals surface area contributed by atoms with Gasteiger partial charge in [0.2, 0.25) is 11.8 Å². The predicted octanol–water partition coefficient (Wildman–Crippen LogP) is 6.43. The summed E-state index contributed by atoms with van der Waals surface area (Å²) in [5.74, 6) is -0.748. The summed E-state index contributed by atoms with van der Waals surface area (Å²) in [6.07, 6.45) is 14.0. The fourth-order valence-electron chi connectivity index (χ4n) is 3.61. The first-order valence-electron chi connectivity index (χ1n) is 14.1. The van der Waals surface area contributed by atoms with Crippen LogP contribution in [-0.2, 0) is 14.4 Å². The third kappa shape index (κ3) is 16.3. The van der Waals surface area contributed by atoms with Crippen LogP contribution in [0.25, 0.3) is 0 Å². The number of carbonyl (C=O) groups is 4. The Balaban J connectivity index is 0. The molecule has 1 aliphatic rings. The number of carbonyl (C=O) groups excluding carboxylic acids is 4. The van der Waals surface area contributed by atoms with Crippen molar-refractivity contribution in [2.24, 2.45) is 0 Å². The number of likely N-dealkylation sites (tertiary alicyclic amines) is 1. The maximum Gasteiger partial charge on any atom is 0.330 e. The number of hydrogen-bond donors (Lipinski definition) is 1. The number of halogens is 2. The molecule has 0 bridgehead atoms. The van der Waals surface area contributed by atoms with Gasteiger partial charge in [0.15, 0.2) is 0 Å².